The Balaban J connectivity index is 0.970. The van der Waals surface area contributed by atoms with Crippen molar-refractivity contribution in [2.45, 2.75) is 433 Å². The van der Waals surface area contributed by atoms with E-state index < -0.39 is 0 Å². The fourth-order valence-electron chi connectivity index (χ4n) is 17.1. The number of aryl methyl sites for hydroxylation is 3. The Kier molecular flexibility index (Phi) is 42.2. The summed E-state index contributed by atoms with van der Waals surface area (Å²) < 4.78 is 3.09. The fourth-order valence-corrected chi connectivity index (χ4v) is 23.6. The number of nitrogens with zero attached hydrogens (tertiary/aromatic N) is 2. The summed E-state index contributed by atoms with van der Waals surface area (Å²) >= 11 is 9.91. The molecular weight excluding hydrogens is 1340 g/mol. The Morgan fingerprint density at radius 2 is 0.578 bits per heavy atom. The number of rotatable bonds is 65. The second kappa shape index (κ2) is 50.7. The highest BCUT2D eigenvalue weighted by molar-refractivity contribution is 7.34. The summed E-state index contributed by atoms with van der Waals surface area (Å²) in [5, 5.41) is 0. The van der Waals surface area contributed by atoms with E-state index >= 15 is 9.59 Å². The minimum atomic E-state index is 0.0465. The predicted octanol–water partition coefficient (Wildman–Crippen LogP) is 32.6. The average molecular weight is 1490 g/mol. The molecule has 7 heterocycles. The normalized spacial score (nSPS) is 13.7. The van der Waals surface area contributed by atoms with Crippen molar-refractivity contribution in [3.05, 3.63) is 77.2 Å². The quantitative estimate of drug-likeness (QED) is 0.0357. The molecule has 5 aromatic rings. The van der Waals surface area contributed by atoms with E-state index in [0.717, 1.165) is 59.7 Å². The van der Waals surface area contributed by atoms with Crippen molar-refractivity contribution in [3.8, 4) is 19.5 Å². The van der Waals surface area contributed by atoms with Crippen molar-refractivity contribution >= 4 is 89.3 Å². The third kappa shape index (κ3) is 27.4. The molecule has 572 valence electrons. The second-order valence-corrected chi connectivity index (χ2v) is 37.8. The molecule has 3 aliphatic rings. The molecule has 9 heteroatoms. The van der Waals surface area contributed by atoms with Crippen LogP contribution < -0.4 is 0 Å². The number of amides is 2. The number of carbonyl (C=O) groups excluding carboxylic acids is 2. The Labute approximate surface area is 646 Å². The topological polar surface area (TPSA) is 40.6 Å². The lowest BCUT2D eigenvalue weighted by molar-refractivity contribution is -0.124. The zero-order chi connectivity index (χ0) is 71.6. The zero-order valence-corrected chi connectivity index (χ0v) is 70.7. The van der Waals surface area contributed by atoms with E-state index in [9.17, 15) is 0 Å². The molecule has 2 aliphatic heterocycles. The van der Waals surface area contributed by atoms with Crippen LogP contribution >= 0.6 is 56.7 Å². The molecule has 8 rings (SSSR count). The van der Waals surface area contributed by atoms with E-state index in [2.05, 4.69) is 110 Å². The van der Waals surface area contributed by atoms with Gasteiger partial charge < -0.3 is 9.80 Å². The van der Waals surface area contributed by atoms with Crippen LogP contribution in [0.25, 0.3) is 40.3 Å². The van der Waals surface area contributed by atoms with E-state index in [-0.39, 0.29) is 11.8 Å². The van der Waals surface area contributed by atoms with Crippen LogP contribution in [-0.4, -0.2) is 34.7 Å². The first-order chi connectivity index (χ1) is 50.3. The molecule has 102 heavy (non-hydrogen) atoms. The Bertz CT molecular complexity index is 3170. The van der Waals surface area contributed by atoms with Gasteiger partial charge in [-0.05, 0) is 98.9 Å². The predicted molar refractivity (Wildman–Crippen MR) is 458 cm³/mol. The summed E-state index contributed by atoms with van der Waals surface area (Å²) in [6.07, 6.45) is 81.8. The van der Waals surface area contributed by atoms with Crippen LogP contribution in [-0.2, 0) is 28.9 Å². The lowest BCUT2D eigenvalue weighted by Gasteiger charge is -2.24. The van der Waals surface area contributed by atoms with E-state index in [4.69, 9.17) is 0 Å². The number of hydrogen-bond donors (Lipinski definition) is 0. The molecule has 2 amide bonds. The molecular formula is C93H148N2O2S5. The van der Waals surface area contributed by atoms with E-state index in [1.54, 1.807) is 57.6 Å². The summed E-state index contributed by atoms with van der Waals surface area (Å²) in [5.74, 6) is 0.0930. The lowest BCUT2D eigenvalue weighted by atomic mass is 10.00. The molecule has 0 aromatic carbocycles. The highest BCUT2D eigenvalue weighted by Crippen LogP contribution is 2.57. The number of hydrogen-bond acceptors (Lipinski definition) is 7. The van der Waals surface area contributed by atoms with Crippen molar-refractivity contribution in [2.75, 3.05) is 13.1 Å². The third-order valence-corrected chi connectivity index (χ3v) is 29.7. The Hall–Kier alpha value is -2.82. The number of unbranched alkanes of at least 4 members (excludes halogenated alkanes) is 54. The maximum absolute atomic E-state index is 15.6. The second-order valence-electron chi connectivity index (χ2n) is 32.1. The van der Waals surface area contributed by atoms with Gasteiger partial charge in [0.25, 0.3) is 11.8 Å². The number of fused-ring (bicyclic) bond motifs is 6. The van der Waals surface area contributed by atoms with Crippen LogP contribution in [0.4, 0.5) is 0 Å². The SMILES string of the molecule is CCCCCCCCCCCCCCCCCc1c(C)sc2c1Cc1c-2sc2c(CCCCCCCCCCCCCCCCC)c(-c3ccc(C4=C5C(=O)N(CCCCCCCCCCCCCCCC)C(c6ccc(C)s6)=C5C(=O)N4CCCCCCCCCCCCCCCC)s3)sc12. The van der Waals surface area contributed by atoms with Gasteiger partial charge in [-0.3, -0.25) is 9.59 Å². The van der Waals surface area contributed by atoms with Crippen LogP contribution in [0.3, 0.4) is 0 Å². The van der Waals surface area contributed by atoms with Gasteiger partial charge in [-0.15, -0.1) is 56.7 Å². The molecule has 0 bridgehead atoms. The lowest BCUT2D eigenvalue weighted by Crippen LogP contribution is -2.30. The smallest absolute Gasteiger partial charge is 0.261 e. The van der Waals surface area contributed by atoms with Gasteiger partial charge in [0, 0.05) is 48.6 Å². The summed E-state index contributed by atoms with van der Waals surface area (Å²) in [5.41, 5.74) is 9.62. The van der Waals surface area contributed by atoms with Crippen LogP contribution in [0.5, 0.6) is 0 Å². The maximum Gasteiger partial charge on any atom is 0.261 e. The van der Waals surface area contributed by atoms with Crippen molar-refractivity contribution in [1.29, 1.82) is 0 Å². The first-order valence-electron chi connectivity index (χ1n) is 44.3. The van der Waals surface area contributed by atoms with Crippen LogP contribution in [0.2, 0.25) is 0 Å². The summed E-state index contributed by atoms with van der Waals surface area (Å²) in [6.45, 7) is 15.2. The molecule has 1 aliphatic carbocycles. The van der Waals surface area contributed by atoms with Gasteiger partial charge in [-0.25, -0.2) is 0 Å². The maximum atomic E-state index is 15.6. The highest BCUT2D eigenvalue weighted by Gasteiger charge is 2.49. The minimum Gasteiger partial charge on any atom is -0.306 e. The third-order valence-electron chi connectivity index (χ3n) is 23.3. The van der Waals surface area contributed by atoms with Gasteiger partial charge in [0.15, 0.2) is 0 Å². The number of carbonyl (C=O) groups is 2. The zero-order valence-electron chi connectivity index (χ0n) is 66.6. The standard InChI is InChI=1S/C93H148N2O2S5/c1-7-11-15-19-23-27-31-35-39-41-45-49-53-57-61-65-76-75(6)99-89-78(76)73-79-90-88(102-91(79)89)77(66-62-58-54-50-46-42-40-36-32-28-24-20-16-12-8-2)87(101-90)82-70-69-81(100-82)86-84-83(92(96)95(86)72-64-60-56-52-48-44-38-34-30-26-22-18-14-10-4)85(80-68-67-74(5)98-80)94(93(84)97)71-63-59-55-51-47-43-37-33-29-25-21-17-13-9-3/h67-70H,7-66,71-73H2,1-6H3. The summed E-state index contributed by atoms with van der Waals surface area (Å²) in [6, 6.07) is 9.07. The van der Waals surface area contributed by atoms with Crippen molar-refractivity contribution in [1.82, 2.24) is 9.80 Å². The molecule has 0 fully saturated rings. The molecule has 0 atom stereocenters. The van der Waals surface area contributed by atoms with Crippen LogP contribution in [0.15, 0.2) is 35.4 Å². The molecule has 0 spiro atoms. The Morgan fingerprint density at radius 3 is 0.931 bits per heavy atom. The summed E-state index contributed by atoms with van der Waals surface area (Å²) in [7, 11) is 0. The molecule has 5 aromatic heterocycles. The van der Waals surface area contributed by atoms with Gasteiger partial charge in [0.05, 0.1) is 41.9 Å². The van der Waals surface area contributed by atoms with Gasteiger partial charge in [-0.2, -0.15) is 0 Å². The van der Waals surface area contributed by atoms with Gasteiger partial charge in [0.2, 0.25) is 0 Å². The number of thiophene rings is 5. The van der Waals surface area contributed by atoms with Gasteiger partial charge >= 0.3 is 0 Å². The van der Waals surface area contributed by atoms with Crippen molar-refractivity contribution < 1.29 is 9.59 Å². The molecule has 0 unspecified atom stereocenters. The van der Waals surface area contributed by atoms with E-state index in [1.807, 2.05) is 11.3 Å². The highest BCUT2D eigenvalue weighted by atomic mass is 32.1. The van der Waals surface area contributed by atoms with Crippen LogP contribution in [0, 0.1) is 13.8 Å². The van der Waals surface area contributed by atoms with Crippen molar-refractivity contribution in [3.63, 3.8) is 0 Å². The molecule has 0 radical (unpaired) electrons. The van der Waals surface area contributed by atoms with E-state index in [1.165, 1.54) is 368 Å². The molecule has 0 N–H and O–H groups in total. The summed E-state index contributed by atoms with van der Waals surface area (Å²) in [4.78, 5) is 46.2. The van der Waals surface area contributed by atoms with E-state index in [0.29, 0.717) is 24.2 Å². The molecule has 0 saturated heterocycles. The van der Waals surface area contributed by atoms with Crippen molar-refractivity contribution in [2.24, 2.45) is 0 Å². The van der Waals surface area contributed by atoms with Gasteiger partial charge in [0.1, 0.15) is 0 Å². The fraction of sp³-hybridized carbons (Fsp3) is 0.742. The van der Waals surface area contributed by atoms with Gasteiger partial charge in [-0.1, -0.05) is 374 Å². The average Bonchev–Trinajstić information content (AvgIpc) is 1.56. The van der Waals surface area contributed by atoms with Crippen LogP contribution in [0.1, 0.15) is 442 Å². The monoisotopic (exact) mass is 1490 g/mol. The largest absolute Gasteiger partial charge is 0.306 e. The first kappa shape index (κ1) is 84.8. The minimum absolute atomic E-state index is 0.0465. The molecule has 4 nitrogen and oxygen atoms in total. The Morgan fingerprint density at radius 1 is 0.284 bits per heavy atom. The first-order valence-corrected chi connectivity index (χ1v) is 48.4. The molecule has 0 saturated carbocycles.